The first-order valence-electron chi connectivity index (χ1n) is 7.12. The van der Waals surface area contributed by atoms with Gasteiger partial charge >= 0.3 is 6.09 Å². The maximum absolute atomic E-state index is 10.6. The molecule has 0 radical (unpaired) electrons. The maximum Gasteiger partial charge on any atom is 0.404 e. The van der Waals surface area contributed by atoms with E-state index in [1.54, 1.807) is 0 Å². The number of amides is 1. The molecule has 1 spiro atoms. The molecule has 0 atom stereocenters. The number of carboxylic acid groups (broad SMARTS) is 1. The fourth-order valence-corrected chi connectivity index (χ4v) is 3.97. The Bertz CT molecular complexity index is 509. The van der Waals surface area contributed by atoms with E-state index in [2.05, 4.69) is 5.32 Å². The number of hydrogen-bond donors (Lipinski definition) is 2. The van der Waals surface area contributed by atoms with Gasteiger partial charge in [0, 0.05) is 11.6 Å². The Morgan fingerprint density at radius 2 is 1.90 bits per heavy atom. The molecule has 0 unspecified atom stereocenters. The normalized spacial score (nSPS) is 31.2. The summed E-state index contributed by atoms with van der Waals surface area (Å²) in [5.41, 5.74) is 2.43. The van der Waals surface area contributed by atoms with Crippen molar-refractivity contribution in [2.24, 2.45) is 11.3 Å². The molecule has 2 aliphatic rings. The summed E-state index contributed by atoms with van der Waals surface area (Å²) in [7, 11) is 0. The molecule has 1 amide bonds. The molecule has 2 saturated carbocycles. The molecule has 106 valence electrons. The zero-order valence-corrected chi connectivity index (χ0v) is 11.3. The largest absolute Gasteiger partial charge is 0.465 e. The van der Waals surface area contributed by atoms with Gasteiger partial charge in [-0.2, -0.15) is 0 Å². The molecule has 0 bridgehead atoms. The van der Waals surface area contributed by atoms with Crippen LogP contribution in [0.3, 0.4) is 0 Å². The number of aldehydes is 1. The summed E-state index contributed by atoms with van der Waals surface area (Å²) in [6.45, 7) is 0. The lowest BCUT2D eigenvalue weighted by Gasteiger charge is -2.58. The zero-order chi connectivity index (χ0) is 14.2. The van der Waals surface area contributed by atoms with Crippen molar-refractivity contribution in [1.82, 2.24) is 5.32 Å². The fourth-order valence-electron chi connectivity index (χ4n) is 3.97. The molecule has 1 aromatic rings. The predicted molar refractivity (Wildman–Crippen MR) is 74.9 cm³/mol. The third-order valence-corrected chi connectivity index (χ3v) is 4.77. The molecule has 4 heteroatoms. The molecule has 0 aromatic heterocycles. The monoisotopic (exact) mass is 273 g/mol. The molecule has 0 saturated heterocycles. The van der Waals surface area contributed by atoms with Gasteiger partial charge in [-0.15, -0.1) is 0 Å². The summed E-state index contributed by atoms with van der Waals surface area (Å²) in [6, 6.07) is 7.97. The first-order chi connectivity index (χ1) is 9.58. The summed E-state index contributed by atoms with van der Waals surface area (Å²) < 4.78 is 0. The van der Waals surface area contributed by atoms with E-state index < -0.39 is 6.09 Å². The molecule has 2 N–H and O–H groups in total. The Morgan fingerprint density at radius 1 is 1.25 bits per heavy atom. The molecule has 2 aliphatic carbocycles. The maximum atomic E-state index is 10.6. The Hall–Kier alpha value is -1.84. The van der Waals surface area contributed by atoms with Crippen LogP contribution in [0, 0.1) is 11.3 Å². The minimum absolute atomic E-state index is 0.167. The second-order valence-electron chi connectivity index (χ2n) is 6.39. The van der Waals surface area contributed by atoms with Gasteiger partial charge in [0.15, 0.2) is 0 Å². The van der Waals surface area contributed by atoms with Crippen molar-refractivity contribution in [3.05, 3.63) is 35.4 Å². The van der Waals surface area contributed by atoms with Crippen molar-refractivity contribution < 1.29 is 14.7 Å². The number of rotatable bonds is 4. The second-order valence-corrected chi connectivity index (χ2v) is 6.39. The first-order valence-corrected chi connectivity index (χ1v) is 7.12. The van der Waals surface area contributed by atoms with Gasteiger partial charge in [0.05, 0.1) is 0 Å². The van der Waals surface area contributed by atoms with Crippen LogP contribution in [-0.4, -0.2) is 23.5 Å². The highest BCUT2D eigenvalue weighted by Crippen LogP contribution is 2.59. The van der Waals surface area contributed by atoms with Crippen LogP contribution in [0.1, 0.15) is 41.6 Å². The van der Waals surface area contributed by atoms with Crippen LogP contribution in [0.5, 0.6) is 0 Å². The van der Waals surface area contributed by atoms with E-state index in [9.17, 15) is 9.59 Å². The Balaban J connectivity index is 1.44. The molecular formula is C16H19NO3. The van der Waals surface area contributed by atoms with Crippen molar-refractivity contribution in [3.8, 4) is 0 Å². The van der Waals surface area contributed by atoms with Crippen molar-refractivity contribution in [2.75, 3.05) is 0 Å². The molecular weight excluding hydrogens is 254 g/mol. The van der Waals surface area contributed by atoms with Gasteiger partial charge in [-0.25, -0.2) is 4.79 Å². The zero-order valence-electron chi connectivity index (χ0n) is 11.3. The minimum Gasteiger partial charge on any atom is -0.465 e. The molecule has 1 aromatic carbocycles. The van der Waals surface area contributed by atoms with E-state index in [1.807, 2.05) is 24.3 Å². The number of carbonyl (C=O) groups is 2. The van der Waals surface area contributed by atoms with Gasteiger partial charge in [0.25, 0.3) is 0 Å². The van der Waals surface area contributed by atoms with Crippen LogP contribution in [0.25, 0.3) is 0 Å². The molecule has 20 heavy (non-hydrogen) atoms. The number of carbonyl (C=O) groups excluding carboxylic acids is 1. The van der Waals surface area contributed by atoms with Gasteiger partial charge in [-0.05, 0) is 49.0 Å². The predicted octanol–water partition coefficient (Wildman–Crippen LogP) is 2.87. The van der Waals surface area contributed by atoms with Gasteiger partial charge < -0.3 is 10.4 Å². The fraction of sp³-hybridized carbons (Fsp3) is 0.500. The first kappa shape index (κ1) is 13.2. The van der Waals surface area contributed by atoms with Crippen LogP contribution in [0.4, 0.5) is 4.79 Å². The SMILES string of the molecule is O=Cc1ccc(CC2CC3(C2)CC(NC(=O)O)C3)cc1. The van der Waals surface area contributed by atoms with Gasteiger partial charge in [-0.1, -0.05) is 24.3 Å². The van der Waals surface area contributed by atoms with E-state index in [0.29, 0.717) is 11.3 Å². The van der Waals surface area contributed by atoms with Crippen LogP contribution >= 0.6 is 0 Å². The second kappa shape index (κ2) is 4.93. The topological polar surface area (TPSA) is 66.4 Å². The summed E-state index contributed by atoms with van der Waals surface area (Å²) >= 11 is 0. The number of hydrogen-bond acceptors (Lipinski definition) is 2. The van der Waals surface area contributed by atoms with Crippen LogP contribution in [-0.2, 0) is 6.42 Å². The molecule has 3 rings (SSSR count). The lowest BCUT2D eigenvalue weighted by atomic mass is 9.49. The van der Waals surface area contributed by atoms with Crippen LogP contribution in [0.15, 0.2) is 24.3 Å². The standard InChI is InChI=1S/C16H19NO3/c18-10-12-3-1-11(2-4-12)5-13-6-16(7-13)8-14(9-16)17-15(19)20/h1-4,10,13-14,17H,5-9H2,(H,19,20). The average Bonchev–Trinajstić information content (AvgIpc) is 2.34. The van der Waals surface area contributed by atoms with Crippen LogP contribution < -0.4 is 5.32 Å². The lowest BCUT2D eigenvalue weighted by Crippen LogP contribution is -2.56. The quantitative estimate of drug-likeness (QED) is 0.829. The highest BCUT2D eigenvalue weighted by atomic mass is 16.4. The number of nitrogens with one attached hydrogen (secondary N) is 1. The van der Waals surface area contributed by atoms with Crippen molar-refractivity contribution in [2.45, 2.75) is 38.1 Å². The minimum atomic E-state index is -0.906. The summed E-state index contributed by atoms with van der Waals surface area (Å²) in [6.07, 6.45) is 5.44. The smallest absolute Gasteiger partial charge is 0.404 e. The third-order valence-electron chi connectivity index (χ3n) is 4.77. The molecule has 0 heterocycles. The Morgan fingerprint density at radius 3 is 2.45 bits per heavy atom. The summed E-state index contributed by atoms with van der Waals surface area (Å²) in [4.78, 5) is 21.1. The van der Waals surface area contributed by atoms with Crippen molar-refractivity contribution in [3.63, 3.8) is 0 Å². The van der Waals surface area contributed by atoms with E-state index >= 15 is 0 Å². The van der Waals surface area contributed by atoms with Crippen molar-refractivity contribution in [1.29, 1.82) is 0 Å². The third kappa shape index (κ3) is 2.55. The van der Waals surface area contributed by atoms with E-state index in [0.717, 1.165) is 31.1 Å². The van der Waals surface area contributed by atoms with Gasteiger partial charge in [-0.3, -0.25) is 4.79 Å². The Kier molecular flexibility index (Phi) is 3.24. The van der Waals surface area contributed by atoms with Gasteiger partial charge in [0.2, 0.25) is 0 Å². The molecule has 2 fully saturated rings. The van der Waals surface area contributed by atoms with Gasteiger partial charge in [0.1, 0.15) is 6.29 Å². The lowest BCUT2D eigenvalue weighted by molar-refractivity contribution is -0.0468. The molecule has 0 aliphatic heterocycles. The molecule has 4 nitrogen and oxygen atoms in total. The number of benzene rings is 1. The van der Waals surface area contributed by atoms with Crippen LogP contribution in [0.2, 0.25) is 0 Å². The van der Waals surface area contributed by atoms with Crippen molar-refractivity contribution >= 4 is 12.4 Å². The average molecular weight is 273 g/mol. The van der Waals surface area contributed by atoms with E-state index in [-0.39, 0.29) is 6.04 Å². The highest BCUT2D eigenvalue weighted by Gasteiger charge is 2.52. The van der Waals surface area contributed by atoms with E-state index in [4.69, 9.17) is 5.11 Å². The van der Waals surface area contributed by atoms with E-state index in [1.165, 1.54) is 18.4 Å². The Labute approximate surface area is 118 Å². The highest BCUT2D eigenvalue weighted by molar-refractivity contribution is 5.74. The summed E-state index contributed by atoms with van der Waals surface area (Å²) in [5, 5.41) is 11.2. The summed E-state index contributed by atoms with van der Waals surface area (Å²) in [5.74, 6) is 0.711.